The van der Waals surface area contributed by atoms with Gasteiger partial charge in [-0.15, -0.1) is 0 Å². The SMILES string of the molecule is CC=In1cnc2cnccc21. The summed E-state index contributed by atoms with van der Waals surface area (Å²) in [5.74, 6) is 0. The first kappa shape index (κ1) is 7.85. The van der Waals surface area contributed by atoms with Crippen molar-refractivity contribution in [3.8, 4) is 0 Å². The van der Waals surface area contributed by atoms with E-state index < -0.39 is 0 Å². The summed E-state index contributed by atoms with van der Waals surface area (Å²) in [5, 5.41) is 0. The lowest BCUT2D eigenvalue weighted by Gasteiger charge is -1.91. The van der Waals surface area contributed by atoms with Crippen molar-refractivity contribution in [1.29, 1.82) is 0 Å². The van der Waals surface area contributed by atoms with Crippen LogP contribution in [-0.2, 0) is 0 Å². The lowest BCUT2D eigenvalue weighted by atomic mass is 10.4. The van der Waals surface area contributed by atoms with Gasteiger partial charge >= 0.3 is 0 Å². The molecular formula is C8H8IN3. The van der Waals surface area contributed by atoms with E-state index in [0.29, 0.717) is 0 Å². The average Bonchev–Trinajstić information content (AvgIpc) is 2.50. The van der Waals surface area contributed by atoms with Gasteiger partial charge in [-0.3, -0.25) is 7.76 Å². The second-order valence-corrected chi connectivity index (χ2v) is 5.08. The van der Waals surface area contributed by atoms with Crippen LogP contribution in [0.15, 0.2) is 24.8 Å². The molecule has 4 heteroatoms. The van der Waals surface area contributed by atoms with E-state index in [2.05, 4.69) is 23.7 Å². The molecule has 0 aliphatic heterocycles. The molecule has 0 saturated carbocycles. The van der Waals surface area contributed by atoms with Crippen molar-refractivity contribution in [1.82, 2.24) is 12.7 Å². The Labute approximate surface area is 80.6 Å². The fraction of sp³-hybridized carbons (Fsp3) is 0.125. The Morgan fingerprint density at radius 3 is 3.33 bits per heavy atom. The standard InChI is InChI=1S/C8H8IN3/c1-2-9-12-6-11-7-5-10-4-3-8(7)12/h2-6H,1H3. The normalized spacial score (nSPS) is 12.1. The van der Waals surface area contributed by atoms with Crippen molar-refractivity contribution in [3.63, 3.8) is 0 Å². The van der Waals surface area contributed by atoms with Crippen molar-refractivity contribution in [3.05, 3.63) is 24.8 Å². The lowest BCUT2D eigenvalue weighted by Crippen LogP contribution is -1.77. The first-order valence-electron chi connectivity index (χ1n) is 3.61. The van der Waals surface area contributed by atoms with Crippen LogP contribution in [0.3, 0.4) is 0 Å². The zero-order valence-corrected chi connectivity index (χ0v) is 8.76. The third-order valence-electron chi connectivity index (χ3n) is 1.51. The number of fused-ring (bicyclic) bond motifs is 1. The molecule has 0 aliphatic rings. The van der Waals surface area contributed by atoms with Crippen LogP contribution in [0.5, 0.6) is 0 Å². The zero-order chi connectivity index (χ0) is 8.39. The van der Waals surface area contributed by atoms with Gasteiger partial charge in [0.2, 0.25) is 0 Å². The average molecular weight is 273 g/mol. The first-order chi connectivity index (χ1) is 5.92. The number of aromatic nitrogens is 3. The van der Waals surface area contributed by atoms with Crippen LogP contribution in [0.25, 0.3) is 11.0 Å². The maximum absolute atomic E-state index is 4.25. The molecular weight excluding hydrogens is 265 g/mol. The fourth-order valence-corrected chi connectivity index (χ4v) is 2.59. The van der Waals surface area contributed by atoms with Crippen LogP contribution >= 0.6 is 21.0 Å². The lowest BCUT2D eigenvalue weighted by molar-refractivity contribution is 1.31. The van der Waals surface area contributed by atoms with E-state index in [4.69, 9.17) is 0 Å². The van der Waals surface area contributed by atoms with E-state index in [1.807, 2.05) is 12.4 Å². The minimum Gasteiger partial charge on any atom is -0.276 e. The highest BCUT2D eigenvalue weighted by molar-refractivity contribution is 14.2. The van der Waals surface area contributed by atoms with E-state index in [-0.39, 0.29) is 21.0 Å². The highest BCUT2D eigenvalue weighted by atomic mass is 127. The molecule has 0 radical (unpaired) electrons. The molecule has 2 rings (SSSR count). The molecule has 2 aromatic rings. The monoisotopic (exact) mass is 273 g/mol. The van der Waals surface area contributed by atoms with Gasteiger partial charge in [0.25, 0.3) is 0 Å². The van der Waals surface area contributed by atoms with Gasteiger partial charge in [0.1, 0.15) is 11.8 Å². The maximum atomic E-state index is 4.25. The topological polar surface area (TPSA) is 30.7 Å². The molecule has 0 amide bonds. The van der Waals surface area contributed by atoms with Crippen LogP contribution in [-0.4, -0.2) is 16.8 Å². The molecule has 0 N–H and O–H groups in total. The Morgan fingerprint density at radius 1 is 1.58 bits per heavy atom. The molecule has 0 bridgehead atoms. The second-order valence-electron chi connectivity index (χ2n) is 2.24. The molecule has 2 heterocycles. The van der Waals surface area contributed by atoms with E-state index in [1.165, 1.54) is 5.52 Å². The Hall–Kier alpha value is -0.780. The van der Waals surface area contributed by atoms with Crippen molar-refractivity contribution in [2.24, 2.45) is 0 Å². The molecule has 0 spiro atoms. The number of hydrogen-bond acceptors (Lipinski definition) is 2. The summed E-state index contributed by atoms with van der Waals surface area (Å²) in [6.07, 6.45) is 5.49. The van der Waals surface area contributed by atoms with Crippen molar-refractivity contribution >= 4 is 36.0 Å². The minimum absolute atomic E-state index is 0.0333. The third kappa shape index (κ3) is 1.26. The van der Waals surface area contributed by atoms with Crippen molar-refractivity contribution < 1.29 is 0 Å². The Balaban J connectivity index is 2.70. The Kier molecular flexibility index (Phi) is 2.16. The fourth-order valence-electron chi connectivity index (χ4n) is 1.02. The quantitative estimate of drug-likeness (QED) is 0.744. The molecule has 3 nitrogen and oxygen atoms in total. The van der Waals surface area contributed by atoms with E-state index >= 15 is 0 Å². The second kappa shape index (κ2) is 3.30. The van der Waals surface area contributed by atoms with Crippen LogP contribution in [0.4, 0.5) is 0 Å². The molecule has 0 unspecified atom stereocenters. The van der Waals surface area contributed by atoms with Crippen LogP contribution in [0, 0.1) is 0 Å². The zero-order valence-electron chi connectivity index (χ0n) is 6.61. The van der Waals surface area contributed by atoms with Crippen LogP contribution < -0.4 is 0 Å². The summed E-state index contributed by atoms with van der Waals surface area (Å²) in [6.45, 7) is 2.08. The van der Waals surface area contributed by atoms with Crippen LogP contribution in [0.1, 0.15) is 6.92 Å². The molecule has 0 saturated heterocycles. The largest absolute Gasteiger partial charge is 0.276 e. The highest BCUT2D eigenvalue weighted by Gasteiger charge is 1.97. The summed E-state index contributed by atoms with van der Waals surface area (Å²) in [4.78, 5) is 8.26. The van der Waals surface area contributed by atoms with Gasteiger partial charge < -0.3 is 0 Å². The molecule has 12 heavy (non-hydrogen) atoms. The van der Waals surface area contributed by atoms with Gasteiger partial charge in [-0.25, -0.2) is 4.98 Å². The summed E-state index contributed by atoms with van der Waals surface area (Å²) < 4.78 is 4.41. The minimum atomic E-state index is -0.0333. The predicted octanol–water partition coefficient (Wildman–Crippen LogP) is 1.99. The molecule has 0 atom stereocenters. The van der Waals surface area contributed by atoms with Gasteiger partial charge in [-0.05, 0) is 17.0 Å². The van der Waals surface area contributed by atoms with Crippen molar-refractivity contribution in [2.75, 3.05) is 0 Å². The van der Waals surface area contributed by atoms with E-state index in [1.54, 1.807) is 12.4 Å². The van der Waals surface area contributed by atoms with Gasteiger partial charge in [0.05, 0.1) is 11.7 Å². The van der Waals surface area contributed by atoms with Crippen molar-refractivity contribution in [2.45, 2.75) is 6.92 Å². The predicted molar refractivity (Wildman–Crippen MR) is 58.7 cm³/mol. The number of rotatable bonds is 1. The summed E-state index contributed by atoms with van der Waals surface area (Å²) in [6, 6.07) is 2.01. The maximum Gasteiger partial charge on any atom is 0.107 e. The summed E-state index contributed by atoms with van der Waals surface area (Å²) in [5.41, 5.74) is 2.18. The van der Waals surface area contributed by atoms with E-state index in [9.17, 15) is 0 Å². The molecule has 0 aliphatic carbocycles. The van der Waals surface area contributed by atoms with E-state index in [0.717, 1.165) is 5.52 Å². The molecule has 0 aromatic carbocycles. The number of hydrogen-bond donors (Lipinski definition) is 0. The van der Waals surface area contributed by atoms with Gasteiger partial charge in [-0.1, -0.05) is 0 Å². The van der Waals surface area contributed by atoms with Gasteiger partial charge in [-0.2, -0.15) is 0 Å². The molecule has 2 aromatic heterocycles. The third-order valence-corrected chi connectivity index (χ3v) is 3.43. The number of imidazole rings is 1. The number of halogens is 1. The van der Waals surface area contributed by atoms with Crippen LogP contribution in [0.2, 0.25) is 0 Å². The smallest absolute Gasteiger partial charge is 0.107 e. The van der Waals surface area contributed by atoms with Gasteiger partial charge in [0.15, 0.2) is 0 Å². The number of nitrogens with zero attached hydrogens (tertiary/aromatic N) is 3. The highest BCUT2D eigenvalue weighted by Crippen LogP contribution is 2.15. The van der Waals surface area contributed by atoms with Gasteiger partial charge in [0, 0.05) is 27.2 Å². The number of pyridine rings is 1. The Morgan fingerprint density at radius 2 is 2.50 bits per heavy atom. The molecule has 62 valence electrons. The molecule has 0 fully saturated rings. The Bertz CT molecular complexity index is 419. The first-order valence-corrected chi connectivity index (χ1v) is 5.82. The summed E-state index contributed by atoms with van der Waals surface area (Å²) >= 11 is -0.0333. The summed E-state index contributed by atoms with van der Waals surface area (Å²) in [7, 11) is 0.